The Morgan fingerprint density at radius 1 is 1.32 bits per heavy atom. The second-order valence-electron chi connectivity index (χ2n) is 6.83. The van der Waals surface area contributed by atoms with Crippen molar-refractivity contribution in [2.24, 2.45) is 11.7 Å². The van der Waals surface area contributed by atoms with E-state index in [-0.39, 0.29) is 17.2 Å². The minimum atomic E-state index is -0.188. The van der Waals surface area contributed by atoms with Crippen LogP contribution in [0.4, 0.5) is 0 Å². The number of hydrogen-bond acceptors (Lipinski definition) is 2. The molecule has 19 heavy (non-hydrogen) atoms. The third-order valence-corrected chi connectivity index (χ3v) is 4.81. The molecular formula is C16H24BrNO. The molecule has 2 rings (SSSR count). The van der Waals surface area contributed by atoms with Crippen molar-refractivity contribution in [1.29, 1.82) is 0 Å². The van der Waals surface area contributed by atoms with E-state index in [0.717, 1.165) is 10.9 Å². The van der Waals surface area contributed by atoms with Crippen molar-refractivity contribution in [3.8, 4) is 0 Å². The van der Waals surface area contributed by atoms with E-state index < -0.39 is 0 Å². The fourth-order valence-electron chi connectivity index (χ4n) is 3.30. The van der Waals surface area contributed by atoms with Gasteiger partial charge in [-0.15, -0.1) is 0 Å². The summed E-state index contributed by atoms with van der Waals surface area (Å²) in [6, 6.07) is 6.35. The van der Waals surface area contributed by atoms with Crippen molar-refractivity contribution in [3.63, 3.8) is 0 Å². The number of benzene rings is 1. The van der Waals surface area contributed by atoms with Gasteiger partial charge in [-0.25, -0.2) is 0 Å². The van der Waals surface area contributed by atoms with E-state index >= 15 is 0 Å². The molecule has 0 aromatic heterocycles. The van der Waals surface area contributed by atoms with Crippen molar-refractivity contribution >= 4 is 15.9 Å². The van der Waals surface area contributed by atoms with Crippen molar-refractivity contribution in [2.75, 3.05) is 0 Å². The highest BCUT2D eigenvalue weighted by Crippen LogP contribution is 2.47. The third-order valence-electron chi connectivity index (χ3n) is 4.09. The van der Waals surface area contributed by atoms with Crippen LogP contribution in [0, 0.1) is 12.8 Å². The minimum Gasteiger partial charge on any atom is -0.369 e. The van der Waals surface area contributed by atoms with Crippen molar-refractivity contribution in [3.05, 3.63) is 33.8 Å². The van der Waals surface area contributed by atoms with E-state index in [9.17, 15) is 0 Å². The Morgan fingerprint density at radius 2 is 1.95 bits per heavy atom. The van der Waals surface area contributed by atoms with Crippen molar-refractivity contribution in [2.45, 2.75) is 58.3 Å². The molecule has 0 saturated carbocycles. The van der Waals surface area contributed by atoms with Crippen LogP contribution < -0.4 is 5.73 Å². The molecule has 1 aromatic carbocycles. The Balaban J connectivity index is 2.34. The molecule has 1 aliphatic rings. The fraction of sp³-hybridized carbons (Fsp3) is 0.625. The van der Waals surface area contributed by atoms with Crippen LogP contribution in [0.2, 0.25) is 0 Å². The first kappa shape index (κ1) is 15.0. The summed E-state index contributed by atoms with van der Waals surface area (Å²) in [5.41, 5.74) is 8.69. The first-order chi connectivity index (χ1) is 8.62. The molecular weight excluding hydrogens is 302 g/mol. The monoisotopic (exact) mass is 325 g/mol. The zero-order valence-corrected chi connectivity index (χ0v) is 14.0. The van der Waals surface area contributed by atoms with Gasteiger partial charge < -0.3 is 10.5 Å². The SMILES string of the molecule is Cc1ccc(Br)c(C(N)C2CC(C)(C)OC2(C)C)c1. The largest absolute Gasteiger partial charge is 0.369 e. The molecule has 0 bridgehead atoms. The maximum atomic E-state index is 6.56. The van der Waals surface area contributed by atoms with E-state index in [0.29, 0.717) is 5.92 Å². The summed E-state index contributed by atoms with van der Waals surface area (Å²) in [6.07, 6.45) is 0.988. The summed E-state index contributed by atoms with van der Waals surface area (Å²) < 4.78 is 7.26. The maximum Gasteiger partial charge on any atom is 0.0680 e. The van der Waals surface area contributed by atoms with Gasteiger partial charge in [0.1, 0.15) is 0 Å². The molecule has 3 heteroatoms. The Bertz CT molecular complexity index is 482. The number of aryl methyl sites for hydroxylation is 1. The van der Waals surface area contributed by atoms with Gasteiger partial charge in [-0.05, 0) is 52.7 Å². The van der Waals surface area contributed by atoms with Gasteiger partial charge in [0.05, 0.1) is 11.2 Å². The highest BCUT2D eigenvalue weighted by Gasteiger charge is 2.48. The summed E-state index contributed by atoms with van der Waals surface area (Å²) >= 11 is 3.62. The second-order valence-corrected chi connectivity index (χ2v) is 7.68. The van der Waals surface area contributed by atoms with Gasteiger partial charge in [0.15, 0.2) is 0 Å². The van der Waals surface area contributed by atoms with Gasteiger partial charge >= 0.3 is 0 Å². The van der Waals surface area contributed by atoms with E-state index in [1.807, 2.05) is 0 Å². The zero-order chi connectivity index (χ0) is 14.4. The molecule has 2 N–H and O–H groups in total. The van der Waals surface area contributed by atoms with Crippen LogP contribution in [-0.2, 0) is 4.74 Å². The second kappa shape index (κ2) is 4.87. The van der Waals surface area contributed by atoms with Crippen molar-refractivity contribution < 1.29 is 4.74 Å². The average molecular weight is 326 g/mol. The molecule has 106 valence electrons. The Kier molecular flexibility index (Phi) is 3.85. The summed E-state index contributed by atoms with van der Waals surface area (Å²) in [7, 11) is 0. The van der Waals surface area contributed by atoms with Gasteiger partial charge in [-0.3, -0.25) is 0 Å². The lowest BCUT2D eigenvalue weighted by molar-refractivity contribution is -0.0767. The van der Waals surface area contributed by atoms with E-state index in [2.05, 4.69) is 68.7 Å². The predicted molar refractivity (Wildman–Crippen MR) is 83.2 cm³/mol. The van der Waals surface area contributed by atoms with E-state index in [1.54, 1.807) is 0 Å². The first-order valence-corrected chi connectivity index (χ1v) is 7.63. The van der Waals surface area contributed by atoms with Gasteiger partial charge in [-0.1, -0.05) is 33.6 Å². The highest BCUT2D eigenvalue weighted by atomic mass is 79.9. The molecule has 0 spiro atoms. The Labute approximate surface area is 124 Å². The molecule has 1 aliphatic heterocycles. The number of ether oxygens (including phenoxy) is 1. The van der Waals surface area contributed by atoms with Crippen LogP contribution in [0.1, 0.15) is 51.3 Å². The molecule has 1 aromatic rings. The molecule has 1 heterocycles. The van der Waals surface area contributed by atoms with Gasteiger partial charge in [0.2, 0.25) is 0 Å². The van der Waals surface area contributed by atoms with Crippen LogP contribution >= 0.6 is 15.9 Å². The van der Waals surface area contributed by atoms with Crippen LogP contribution in [-0.4, -0.2) is 11.2 Å². The van der Waals surface area contributed by atoms with Gasteiger partial charge in [0, 0.05) is 16.4 Å². The summed E-state index contributed by atoms with van der Waals surface area (Å²) in [5.74, 6) is 0.320. The highest BCUT2D eigenvalue weighted by molar-refractivity contribution is 9.10. The minimum absolute atomic E-state index is 0.00829. The quantitative estimate of drug-likeness (QED) is 0.877. The number of nitrogens with two attached hydrogens (primary N) is 1. The van der Waals surface area contributed by atoms with Crippen LogP contribution in [0.5, 0.6) is 0 Å². The molecule has 2 unspecified atom stereocenters. The molecule has 0 radical (unpaired) electrons. The Morgan fingerprint density at radius 3 is 2.47 bits per heavy atom. The molecule has 2 nitrogen and oxygen atoms in total. The van der Waals surface area contributed by atoms with E-state index in [4.69, 9.17) is 10.5 Å². The van der Waals surface area contributed by atoms with Gasteiger partial charge in [-0.2, -0.15) is 0 Å². The molecule has 2 atom stereocenters. The van der Waals surface area contributed by atoms with Crippen LogP contribution in [0.3, 0.4) is 0 Å². The molecule has 1 saturated heterocycles. The van der Waals surface area contributed by atoms with Gasteiger partial charge in [0.25, 0.3) is 0 Å². The Hall–Kier alpha value is -0.380. The zero-order valence-electron chi connectivity index (χ0n) is 12.5. The first-order valence-electron chi connectivity index (χ1n) is 6.84. The lowest BCUT2D eigenvalue weighted by Gasteiger charge is -2.31. The van der Waals surface area contributed by atoms with E-state index in [1.165, 1.54) is 11.1 Å². The fourth-order valence-corrected chi connectivity index (χ4v) is 3.81. The third kappa shape index (κ3) is 3.04. The number of hydrogen-bond donors (Lipinski definition) is 1. The lowest BCUT2D eigenvalue weighted by Crippen LogP contribution is -2.36. The predicted octanol–water partition coefficient (Wildman–Crippen LogP) is 4.35. The van der Waals surface area contributed by atoms with Crippen molar-refractivity contribution in [1.82, 2.24) is 0 Å². The van der Waals surface area contributed by atoms with Crippen LogP contribution in [0.15, 0.2) is 22.7 Å². The molecule has 0 amide bonds. The number of rotatable bonds is 2. The smallest absolute Gasteiger partial charge is 0.0680 e. The van der Waals surface area contributed by atoms with Crippen LogP contribution in [0.25, 0.3) is 0 Å². The summed E-state index contributed by atoms with van der Waals surface area (Å²) in [6.45, 7) is 10.7. The molecule has 1 fully saturated rings. The number of halogens is 1. The summed E-state index contributed by atoms with van der Waals surface area (Å²) in [5, 5.41) is 0. The lowest BCUT2D eigenvalue weighted by atomic mass is 9.79. The normalized spacial score (nSPS) is 26.4. The maximum absolute atomic E-state index is 6.56. The molecule has 0 aliphatic carbocycles. The topological polar surface area (TPSA) is 35.2 Å². The average Bonchev–Trinajstić information content (AvgIpc) is 2.49. The standard InChI is InChI=1S/C16H24BrNO/c1-10-6-7-13(17)11(8-10)14(18)12-9-15(2,3)19-16(12,4)5/h6-8,12,14H,9,18H2,1-5H3. The summed E-state index contributed by atoms with van der Waals surface area (Å²) in [4.78, 5) is 0.